The van der Waals surface area contributed by atoms with E-state index in [1.165, 1.54) is 0 Å². The van der Waals surface area contributed by atoms with Gasteiger partial charge < -0.3 is 4.74 Å². The number of hydrogen-bond donors (Lipinski definition) is 0. The molecule has 0 aromatic rings. The molecule has 0 spiro atoms. The van der Waals surface area contributed by atoms with Crippen LogP contribution < -0.4 is 0 Å². The van der Waals surface area contributed by atoms with Gasteiger partial charge in [-0.15, -0.1) is 0 Å². The normalized spacial score (nSPS) is 35.3. The Morgan fingerprint density at radius 2 is 1.53 bits per heavy atom. The maximum Gasteiger partial charge on any atom is 0.322 e. The number of nitriles is 2. The number of carbonyl (C=O) groups is 4. The molecule has 208 valence electrons. The lowest BCUT2D eigenvalue weighted by atomic mass is 9.79. The van der Waals surface area contributed by atoms with Crippen molar-refractivity contribution in [1.29, 1.82) is 10.5 Å². The monoisotopic (exact) mass is 616 g/mol. The molecular weight excluding hydrogens is 595 g/mol. The molecule has 0 bridgehead atoms. The summed E-state index contributed by atoms with van der Waals surface area (Å²) in [6.07, 6.45) is 2.55. The molecule has 7 nitrogen and oxygen atoms in total. The van der Waals surface area contributed by atoms with Crippen molar-refractivity contribution < 1.29 is 37.1 Å². The third-order valence-electron chi connectivity index (χ3n) is 6.84. The molecule has 1 saturated heterocycles. The van der Waals surface area contributed by atoms with E-state index in [0.717, 1.165) is 6.42 Å². The number of ether oxygens (including phenoxy) is 1. The van der Waals surface area contributed by atoms with E-state index < -0.39 is 70.0 Å². The molecule has 7 unspecified atom stereocenters. The molecule has 1 heterocycles. The van der Waals surface area contributed by atoms with Gasteiger partial charge in [0.2, 0.25) is 16.4 Å². The lowest BCUT2D eigenvalue weighted by Gasteiger charge is -2.31. The molecule has 38 heavy (non-hydrogen) atoms. The SMILES string of the molecule is N#CC1CCC(F)(Cl)CC1C#N.O=C(Cl)C1CCC(F)(F)CC1C(=O)Cl.O=C1OC(=O)C2C(Cl)=CCCC12. The number of nitrogens with zero attached hydrogens (tertiary/aromatic N) is 2. The molecule has 0 aromatic carbocycles. The van der Waals surface area contributed by atoms with Crippen LogP contribution in [0, 0.1) is 58.2 Å². The number of cyclic esters (lactones) is 2. The minimum atomic E-state index is -2.92. The Morgan fingerprint density at radius 1 is 0.921 bits per heavy atom. The quantitative estimate of drug-likeness (QED) is 0.158. The molecule has 2 saturated carbocycles. The van der Waals surface area contributed by atoms with E-state index in [9.17, 15) is 32.3 Å². The summed E-state index contributed by atoms with van der Waals surface area (Å²) in [6, 6.07) is 3.91. The summed E-state index contributed by atoms with van der Waals surface area (Å²) in [5, 5.41) is 14.2. The average Bonchev–Trinajstić information content (AvgIpc) is 3.13. The molecule has 7 atom stereocenters. The number of alkyl halides is 4. The number of hydrogen-bond acceptors (Lipinski definition) is 7. The zero-order valence-corrected chi connectivity index (χ0v) is 22.8. The smallest absolute Gasteiger partial charge is 0.322 e. The van der Waals surface area contributed by atoms with Crippen LogP contribution in [0.5, 0.6) is 0 Å². The number of allylic oxidation sites excluding steroid dienone is 1. The van der Waals surface area contributed by atoms with E-state index >= 15 is 0 Å². The van der Waals surface area contributed by atoms with Crippen LogP contribution in [0.15, 0.2) is 11.1 Å². The Bertz CT molecular complexity index is 1070. The minimum absolute atomic E-state index is 0.0245. The summed E-state index contributed by atoms with van der Waals surface area (Å²) in [4.78, 5) is 43.8. The summed E-state index contributed by atoms with van der Waals surface area (Å²) in [5.74, 6) is -7.57. The predicted molar refractivity (Wildman–Crippen MR) is 130 cm³/mol. The first-order chi connectivity index (χ1) is 17.6. The fourth-order valence-electron chi connectivity index (χ4n) is 4.72. The Kier molecular flexibility index (Phi) is 11.5. The number of esters is 2. The Morgan fingerprint density at radius 3 is 2.05 bits per heavy atom. The van der Waals surface area contributed by atoms with E-state index in [-0.39, 0.29) is 31.1 Å². The van der Waals surface area contributed by atoms with Gasteiger partial charge in [0.25, 0.3) is 0 Å². The van der Waals surface area contributed by atoms with Gasteiger partial charge in [-0.05, 0) is 55.3 Å². The fourth-order valence-corrected chi connectivity index (χ4v) is 5.84. The number of halogens is 7. The third-order valence-corrected chi connectivity index (χ3v) is 8.13. The van der Waals surface area contributed by atoms with Gasteiger partial charge in [0.15, 0.2) is 5.13 Å². The van der Waals surface area contributed by atoms with Crippen LogP contribution in [0.1, 0.15) is 51.4 Å². The van der Waals surface area contributed by atoms with E-state index in [0.29, 0.717) is 17.9 Å². The first kappa shape index (κ1) is 32.4. The largest absolute Gasteiger partial charge is 0.392 e. The van der Waals surface area contributed by atoms with Crippen LogP contribution in [0.25, 0.3) is 0 Å². The van der Waals surface area contributed by atoms with E-state index in [2.05, 4.69) is 4.74 Å². The second-order valence-electron chi connectivity index (χ2n) is 9.48. The molecule has 0 N–H and O–H groups in total. The Hall–Kier alpha value is -1.85. The lowest BCUT2D eigenvalue weighted by molar-refractivity contribution is -0.153. The van der Waals surface area contributed by atoms with Gasteiger partial charge in [0.1, 0.15) is 5.92 Å². The highest BCUT2D eigenvalue weighted by Crippen LogP contribution is 2.43. The third kappa shape index (κ3) is 8.58. The van der Waals surface area contributed by atoms with Crippen molar-refractivity contribution in [3.05, 3.63) is 11.1 Å². The Labute approximate surface area is 237 Å². The van der Waals surface area contributed by atoms with Crippen molar-refractivity contribution in [2.24, 2.45) is 35.5 Å². The lowest BCUT2D eigenvalue weighted by Crippen LogP contribution is -2.37. The van der Waals surface area contributed by atoms with Crippen molar-refractivity contribution in [2.45, 2.75) is 62.4 Å². The van der Waals surface area contributed by atoms with Crippen LogP contribution in [0.3, 0.4) is 0 Å². The standard InChI is InChI=1S/C8H8Cl2F2O2.C8H8ClFN2.C8H7ClO3/c9-6(13)4-1-2-8(11,12)3-5(4)7(10)14;9-8(10)2-1-6(4-11)7(3-8)5-12;9-5-3-1-2-4-6(5)8(11)12-7(4)10/h4-5H,1-3H2;6-7H,1-3H2;3-4,6H,1-2H2. The van der Waals surface area contributed by atoms with Crippen LogP contribution in [0.2, 0.25) is 0 Å². The zero-order valence-electron chi connectivity index (χ0n) is 19.8. The fraction of sp³-hybridized carbons (Fsp3) is 0.667. The number of rotatable bonds is 2. The van der Waals surface area contributed by atoms with Crippen molar-refractivity contribution in [3.8, 4) is 12.1 Å². The molecule has 0 radical (unpaired) electrons. The highest BCUT2D eigenvalue weighted by molar-refractivity contribution is 6.66. The summed E-state index contributed by atoms with van der Waals surface area (Å²) < 4.78 is 43.4. The molecule has 3 aliphatic carbocycles. The van der Waals surface area contributed by atoms with Crippen molar-refractivity contribution >= 4 is 68.8 Å². The van der Waals surface area contributed by atoms with E-state index in [4.69, 9.17) is 56.9 Å². The zero-order chi connectivity index (χ0) is 28.8. The topological polar surface area (TPSA) is 125 Å². The van der Waals surface area contributed by atoms with Crippen molar-refractivity contribution in [2.75, 3.05) is 0 Å². The Balaban J connectivity index is 0.000000201. The maximum atomic E-state index is 13.1. The first-order valence-corrected chi connectivity index (χ1v) is 13.2. The van der Waals surface area contributed by atoms with E-state index in [1.54, 1.807) is 6.08 Å². The molecule has 3 fully saturated rings. The van der Waals surface area contributed by atoms with Gasteiger partial charge >= 0.3 is 11.9 Å². The molecule has 0 aromatic heterocycles. The highest BCUT2D eigenvalue weighted by atomic mass is 35.5. The minimum Gasteiger partial charge on any atom is -0.392 e. The summed E-state index contributed by atoms with van der Waals surface area (Å²) in [5.41, 5.74) is 0. The van der Waals surface area contributed by atoms with Gasteiger partial charge in [0, 0.05) is 36.1 Å². The van der Waals surface area contributed by atoms with Crippen LogP contribution in [-0.2, 0) is 23.9 Å². The molecule has 4 rings (SSSR count). The van der Waals surface area contributed by atoms with Crippen LogP contribution >= 0.6 is 46.4 Å². The molecule has 1 aliphatic heterocycles. The van der Waals surface area contributed by atoms with E-state index in [1.807, 2.05) is 12.1 Å². The summed E-state index contributed by atoms with van der Waals surface area (Å²) in [7, 11) is 0. The number of carbonyl (C=O) groups excluding carboxylic acids is 4. The van der Waals surface area contributed by atoms with Crippen LogP contribution in [0.4, 0.5) is 13.2 Å². The van der Waals surface area contributed by atoms with Gasteiger partial charge in [-0.3, -0.25) is 19.2 Å². The average molecular weight is 618 g/mol. The van der Waals surface area contributed by atoms with Crippen molar-refractivity contribution in [3.63, 3.8) is 0 Å². The molecule has 4 aliphatic rings. The van der Waals surface area contributed by atoms with Gasteiger partial charge in [-0.25, -0.2) is 13.2 Å². The second kappa shape index (κ2) is 13.5. The maximum absolute atomic E-state index is 13.1. The molecular formula is C24H23Cl4F3N2O5. The van der Waals surface area contributed by atoms with Crippen LogP contribution in [-0.4, -0.2) is 33.5 Å². The highest BCUT2D eigenvalue weighted by Gasteiger charge is 2.47. The summed E-state index contributed by atoms with van der Waals surface area (Å²) in [6.45, 7) is 0. The van der Waals surface area contributed by atoms with Gasteiger partial charge in [-0.2, -0.15) is 10.5 Å². The van der Waals surface area contributed by atoms with Gasteiger partial charge in [0.05, 0.1) is 29.9 Å². The molecule has 14 heteroatoms. The van der Waals surface area contributed by atoms with Gasteiger partial charge in [-0.1, -0.05) is 29.3 Å². The molecule has 0 amide bonds. The summed E-state index contributed by atoms with van der Waals surface area (Å²) >= 11 is 21.6. The number of fused-ring (bicyclic) bond motifs is 1. The predicted octanol–water partition coefficient (Wildman–Crippen LogP) is 6.14. The van der Waals surface area contributed by atoms with Crippen molar-refractivity contribution in [1.82, 2.24) is 0 Å². The second-order valence-corrected chi connectivity index (χ2v) is 11.3. The first-order valence-electron chi connectivity index (χ1n) is 11.7.